The molecule has 1 aromatic heterocycles. The van der Waals surface area contributed by atoms with Crippen LogP contribution in [0.2, 0.25) is 0 Å². The molecular formula is C27H36N2O3. The van der Waals surface area contributed by atoms with Gasteiger partial charge in [0.15, 0.2) is 5.76 Å². The van der Waals surface area contributed by atoms with Crippen LogP contribution in [0, 0.1) is 12.8 Å². The highest BCUT2D eigenvalue weighted by atomic mass is 16.4. The van der Waals surface area contributed by atoms with Crippen molar-refractivity contribution < 1.29 is 14.0 Å². The van der Waals surface area contributed by atoms with Crippen LogP contribution in [0.15, 0.2) is 28.7 Å². The Balaban J connectivity index is 1.52. The van der Waals surface area contributed by atoms with Gasteiger partial charge in [0, 0.05) is 25.4 Å². The van der Waals surface area contributed by atoms with Gasteiger partial charge in [0.25, 0.3) is 5.91 Å². The second-order valence-corrected chi connectivity index (χ2v) is 11.0. The fraction of sp³-hybridized carbons (Fsp3) is 0.556. The highest BCUT2D eigenvalue weighted by molar-refractivity contribution is 5.91. The van der Waals surface area contributed by atoms with Gasteiger partial charge in [0.05, 0.1) is 0 Å². The van der Waals surface area contributed by atoms with Crippen LogP contribution in [0.4, 0.5) is 0 Å². The second kappa shape index (κ2) is 8.09. The van der Waals surface area contributed by atoms with Gasteiger partial charge in [-0.2, -0.15) is 0 Å². The summed E-state index contributed by atoms with van der Waals surface area (Å²) >= 11 is 0. The van der Waals surface area contributed by atoms with Crippen molar-refractivity contribution in [2.75, 3.05) is 13.1 Å². The Morgan fingerprint density at radius 3 is 2.22 bits per heavy atom. The second-order valence-electron chi connectivity index (χ2n) is 11.0. The molecule has 1 aliphatic carbocycles. The molecule has 172 valence electrons. The molecule has 0 saturated carbocycles. The first-order valence-electron chi connectivity index (χ1n) is 11.8. The standard InChI is InChI=1S/C27H36N2O3/c1-17-14-21-22(27(4,5)11-10-26(21,2)3)16-19(17)15-20-6-7-23(32-20)25(31)29-12-8-18(9-13-29)24(28)30/h6-7,14,16,18H,8-13,15H2,1-5H3,(H2,28,30). The van der Waals surface area contributed by atoms with Crippen molar-refractivity contribution in [1.29, 1.82) is 0 Å². The van der Waals surface area contributed by atoms with Gasteiger partial charge in [-0.15, -0.1) is 0 Å². The summed E-state index contributed by atoms with van der Waals surface area (Å²) in [6.07, 6.45) is 4.30. The van der Waals surface area contributed by atoms with E-state index in [0.29, 0.717) is 38.1 Å². The monoisotopic (exact) mass is 436 g/mol. The number of hydrogen-bond donors (Lipinski definition) is 1. The molecule has 2 heterocycles. The summed E-state index contributed by atoms with van der Waals surface area (Å²) in [7, 11) is 0. The average molecular weight is 437 g/mol. The molecule has 1 aliphatic heterocycles. The minimum Gasteiger partial charge on any atom is -0.456 e. The molecule has 2 amide bonds. The summed E-state index contributed by atoms with van der Waals surface area (Å²) in [5.74, 6) is 0.659. The lowest BCUT2D eigenvalue weighted by molar-refractivity contribution is -0.123. The number of piperidine rings is 1. The summed E-state index contributed by atoms with van der Waals surface area (Å²) in [5.41, 5.74) is 11.2. The third kappa shape index (κ3) is 4.22. The quantitative estimate of drug-likeness (QED) is 0.743. The van der Waals surface area contributed by atoms with E-state index >= 15 is 0 Å². The third-order valence-electron chi connectivity index (χ3n) is 7.73. The number of primary amides is 1. The number of carbonyl (C=O) groups is 2. The number of fused-ring (bicyclic) bond motifs is 1. The first kappa shape index (κ1) is 22.6. The van der Waals surface area contributed by atoms with Crippen LogP contribution in [0.1, 0.15) is 91.9 Å². The number of nitrogens with two attached hydrogens (primary N) is 1. The van der Waals surface area contributed by atoms with Crippen molar-refractivity contribution in [1.82, 2.24) is 4.90 Å². The van der Waals surface area contributed by atoms with Crippen LogP contribution in [-0.4, -0.2) is 29.8 Å². The van der Waals surface area contributed by atoms with Crippen molar-refractivity contribution >= 4 is 11.8 Å². The molecule has 5 heteroatoms. The van der Waals surface area contributed by atoms with Crippen LogP contribution >= 0.6 is 0 Å². The number of carbonyl (C=O) groups excluding carboxylic acids is 2. The van der Waals surface area contributed by atoms with Gasteiger partial charge in [-0.3, -0.25) is 9.59 Å². The Labute approximate surface area is 191 Å². The number of likely N-dealkylation sites (tertiary alicyclic amines) is 1. The maximum absolute atomic E-state index is 12.9. The van der Waals surface area contributed by atoms with Crippen molar-refractivity contribution in [3.05, 3.63) is 58.0 Å². The molecule has 32 heavy (non-hydrogen) atoms. The maximum Gasteiger partial charge on any atom is 0.289 e. The summed E-state index contributed by atoms with van der Waals surface area (Å²) in [5, 5.41) is 0. The van der Waals surface area contributed by atoms with Gasteiger partial charge in [0.1, 0.15) is 5.76 Å². The first-order chi connectivity index (χ1) is 15.0. The predicted octanol–water partition coefficient (Wildman–Crippen LogP) is 4.87. The Hall–Kier alpha value is -2.56. The van der Waals surface area contributed by atoms with Crippen LogP contribution in [0.5, 0.6) is 0 Å². The molecule has 2 N–H and O–H groups in total. The normalized spacial score (nSPS) is 20.1. The SMILES string of the molecule is Cc1cc2c(cc1Cc1ccc(C(=O)N3CCC(C(N)=O)CC3)o1)C(C)(C)CCC2(C)C. The summed E-state index contributed by atoms with van der Waals surface area (Å²) < 4.78 is 5.99. The zero-order valence-electron chi connectivity index (χ0n) is 20.1. The first-order valence-corrected chi connectivity index (χ1v) is 11.8. The lowest BCUT2D eigenvalue weighted by Gasteiger charge is -2.42. The Morgan fingerprint density at radius 2 is 1.62 bits per heavy atom. The van der Waals surface area contributed by atoms with E-state index < -0.39 is 0 Å². The highest BCUT2D eigenvalue weighted by Gasteiger charge is 2.37. The lowest BCUT2D eigenvalue weighted by Crippen LogP contribution is -2.41. The molecule has 1 fully saturated rings. The number of furan rings is 1. The van der Waals surface area contributed by atoms with Gasteiger partial charge in [-0.1, -0.05) is 39.8 Å². The molecule has 0 spiro atoms. The van der Waals surface area contributed by atoms with Crippen LogP contribution in [0.25, 0.3) is 0 Å². The van der Waals surface area contributed by atoms with E-state index in [-0.39, 0.29) is 28.6 Å². The van der Waals surface area contributed by atoms with E-state index in [1.54, 1.807) is 11.0 Å². The van der Waals surface area contributed by atoms with Gasteiger partial charge in [-0.25, -0.2) is 0 Å². The highest BCUT2D eigenvalue weighted by Crippen LogP contribution is 2.46. The molecule has 4 rings (SSSR count). The molecule has 0 unspecified atom stereocenters. The summed E-state index contributed by atoms with van der Waals surface area (Å²) in [4.78, 5) is 26.0. The van der Waals surface area contributed by atoms with Gasteiger partial charge >= 0.3 is 0 Å². The molecule has 2 aromatic rings. The Morgan fingerprint density at radius 1 is 1.03 bits per heavy atom. The molecule has 5 nitrogen and oxygen atoms in total. The van der Waals surface area contributed by atoms with Crippen LogP contribution in [0.3, 0.4) is 0 Å². The van der Waals surface area contributed by atoms with Crippen molar-refractivity contribution in [2.45, 2.75) is 77.6 Å². The number of aryl methyl sites for hydroxylation is 1. The number of nitrogens with zero attached hydrogens (tertiary/aromatic N) is 1. The summed E-state index contributed by atoms with van der Waals surface area (Å²) in [6.45, 7) is 12.6. The fourth-order valence-electron chi connectivity index (χ4n) is 5.26. The smallest absolute Gasteiger partial charge is 0.289 e. The molecular weight excluding hydrogens is 400 g/mol. The van der Waals surface area contributed by atoms with Crippen molar-refractivity contribution in [3.63, 3.8) is 0 Å². The van der Waals surface area contributed by atoms with Gasteiger partial charge in [0.2, 0.25) is 5.91 Å². The summed E-state index contributed by atoms with van der Waals surface area (Å²) in [6, 6.07) is 8.42. The Bertz CT molecular complexity index is 1040. The largest absolute Gasteiger partial charge is 0.456 e. The minimum absolute atomic E-state index is 0.107. The maximum atomic E-state index is 12.9. The van der Waals surface area contributed by atoms with E-state index in [9.17, 15) is 9.59 Å². The van der Waals surface area contributed by atoms with E-state index in [1.165, 1.54) is 35.1 Å². The molecule has 1 aromatic carbocycles. The molecule has 0 radical (unpaired) electrons. The topological polar surface area (TPSA) is 76.5 Å². The molecule has 0 bridgehead atoms. The number of amides is 2. The zero-order chi connectivity index (χ0) is 23.3. The lowest BCUT2D eigenvalue weighted by atomic mass is 9.62. The average Bonchev–Trinajstić information content (AvgIpc) is 3.20. The van der Waals surface area contributed by atoms with Crippen molar-refractivity contribution in [3.8, 4) is 0 Å². The zero-order valence-corrected chi connectivity index (χ0v) is 20.1. The number of benzene rings is 1. The van der Waals surface area contributed by atoms with Crippen LogP contribution < -0.4 is 5.73 Å². The van der Waals surface area contributed by atoms with Crippen molar-refractivity contribution in [2.24, 2.45) is 11.7 Å². The van der Waals surface area contributed by atoms with Gasteiger partial charge < -0.3 is 15.1 Å². The van der Waals surface area contributed by atoms with E-state index in [2.05, 4.69) is 46.8 Å². The molecule has 2 aliphatic rings. The number of hydrogen-bond acceptors (Lipinski definition) is 3. The fourth-order valence-corrected chi connectivity index (χ4v) is 5.26. The van der Waals surface area contributed by atoms with E-state index in [0.717, 1.165) is 5.76 Å². The third-order valence-corrected chi connectivity index (χ3v) is 7.73. The van der Waals surface area contributed by atoms with Gasteiger partial charge in [-0.05, 0) is 77.8 Å². The molecule has 0 atom stereocenters. The Kier molecular flexibility index (Phi) is 5.72. The number of rotatable bonds is 4. The van der Waals surface area contributed by atoms with Crippen LogP contribution in [-0.2, 0) is 22.0 Å². The minimum atomic E-state index is -0.274. The van der Waals surface area contributed by atoms with E-state index in [4.69, 9.17) is 10.2 Å². The van der Waals surface area contributed by atoms with E-state index in [1.807, 2.05) is 6.07 Å². The molecule has 1 saturated heterocycles. The predicted molar refractivity (Wildman–Crippen MR) is 126 cm³/mol.